The van der Waals surface area contributed by atoms with Crippen LogP contribution in [0, 0.1) is 0 Å². The van der Waals surface area contributed by atoms with Gasteiger partial charge in [-0.15, -0.1) is 24.0 Å². The monoisotopic (exact) mass is 567 g/mol. The van der Waals surface area contributed by atoms with E-state index >= 15 is 0 Å². The summed E-state index contributed by atoms with van der Waals surface area (Å²) in [5.41, 5.74) is 0.411. The average Bonchev–Trinajstić information content (AvgIpc) is 3.39. The van der Waals surface area contributed by atoms with Crippen LogP contribution in [0.15, 0.2) is 26.4 Å². The zero-order valence-corrected chi connectivity index (χ0v) is 21.2. The molecule has 1 aliphatic rings. The predicted molar refractivity (Wildman–Crippen MR) is 126 cm³/mol. The van der Waals surface area contributed by atoms with Gasteiger partial charge in [-0.1, -0.05) is 24.2 Å². The van der Waals surface area contributed by atoms with Crippen LogP contribution < -0.4 is 5.32 Å². The summed E-state index contributed by atoms with van der Waals surface area (Å²) in [6.45, 7) is 9.17. The molecule has 0 spiro atoms. The number of aromatic nitrogens is 3. The molecule has 0 radical (unpaired) electrons. The summed E-state index contributed by atoms with van der Waals surface area (Å²) in [6.07, 6.45) is 1.93. The van der Waals surface area contributed by atoms with E-state index in [4.69, 9.17) is 9.05 Å². The quantitative estimate of drug-likeness (QED) is 0.286. The second-order valence-electron chi connectivity index (χ2n) is 7.32. The minimum absolute atomic E-state index is 0. The first kappa shape index (κ1) is 25.5. The maximum Gasteiger partial charge on any atom is 0.228 e. The fourth-order valence-corrected chi connectivity index (χ4v) is 4.48. The largest absolute Gasteiger partial charge is 0.364 e. The van der Waals surface area contributed by atoms with E-state index in [1.54, 1.807) is 6.07 Å². The van der Waals surface area contributed by atoms with E-state index in [0.29, 0.717) is 56.6 Å². The van der Waals surface area contributed by atoms with E-state index in [0.717, 1.165) is 12.5 Å². The molecule has 0 atom stereocenters. The Morgan fingerprint density at radius 1 is 1.26 bits per heavy atom. The third-order valence-corrected chi connectivity index (χ3v) is 6.49. The van der Waals surface area contributed by atoms with Crippen LogP contribution in [0.4, 0.5) is 0 Å². The van der Waals surface area contributed by atoms with Gasteiger partial charge in [0.05, 0.1) is 12.2 Å². The van der Waals surface area contributed by atoms with Crippen molar-refractivity contribution >= 4 is 40.0 Å². The first-order valence-electron chi connectivity index (χ1n) is 10.1. The van der Waals surface area contributed by atoms with Gasteiger partial charge >= 0.3 is 0 Å². The molecule has 0 amide bonds. The number of piperazine rings is 1. The Bertz CT molecular complexity index is 923. The van der Waals surface area contributed by atoms with Crippen LogP contribution in [0.1, 0.15) is 44.1 Å². The number of aliphatic imine (C=N–C) groups is 1. The van der Waals surface area contributed by atoms with Crippen molar-refractivity contribution in [2.45, 2.75) is 38.9 Å². The Labute approximate surface area is 199 Å². The van der Waals surface area contributed by atoms with Gasteiger partial charge in [0.2, 0.25) is 15.9 Å². The number of nitrogens with zero attached hydrogens (tertiary/aromatic N) is 6. The number of rotatable bonds is 8. The minimum Gasteiger partial charge on any atom is -0.364 e. The highest BCUT2D eigenvalue weighted by Crippen LogP contribution is 2.13. The highest BCUT2D eigenvalue weighted by molar-refractivity contribution is 14.0. The van der Waals surface area contributed by atoms with Crippen LogP contribution in [0.2, 0.25) is 0 Å². The van der Waals surface area contributed by atoms with Gasteiger partial charge in [0, 0.05) is 51.1 Å². The zero-order valence-electron chi connectivity index (χ0n) is 18.0. The molecule has 1 saturated heterocycles. The second kappa shape index (κ2) is 11.8. The number of sulfonamides is 1. The number of nitrogens with one attached hydrogen (secondary N) is 1. The minimum atomic E-state index is -3.43. The number of hydrogen-bond donors (Lipinski definition) is 1. The highest BCUT2D eigenvalue weighted by atomic mass is 127. The fraction of sp³-hybridized carbons (Fsp3) is 0.667. The number of hydrogen-bond acceptors (Lipinski definition) is 8. The molecule has 0 unspecified atom stereocenters. The molecule has 1 N–H and O–H groups in total. The SMILES string of the molecule is CCNC(=NCCc1nc(C(C)C)no1)N1CCN(S(=O)(=O)Cc2ccon2)CC1.I. The smallest absolute Gasteiger partial charge is 0.228 e. The van der Waals surface area contributed by atoms with Crippen LogP contribution in [0.25, 0.3) is 0 Å². The van der Waals surface area contributed by atoms with Crippen molar-refractivity contribution in [1.82, 2.24) is 29.8 Å². The molecular weight excluding hydrogens is 537 g/mol. The van der Waals surface area contributed by atoms with E-state index in [-0.39, 0.29) is 35.6 Å². The Morgan fingerprint density at radius 3 is 2.58 bits per heavy atom. The molecule has 174 valence electrons. The molecule has 1 aliphatic heterocycles. The molecule has 0 aliphatic carbocycles. The predicted octanol–water partition coefficient (Wildman–Crippen LogP) is 1.45. The normalized spacial score (nSPS) is 15.9. The van der Waals surface area contributed by atoms with Crippen molar-refractivity contribution in [3.63, 3.8) is 0 Å². The molecule has 0 aromatic carbocycles. The van der Waals surface area contributed by atoms with Crippen molar-refractivity contribution in [1.29, 1.82) is 0 Å². The van der Waals surface area contributed by atoms with E-state index in [1.165, 1.54) is 10.6 Å². The van der Waals surface area contributed by atoms with Gasteiger partial charge in [-0.25, -0.2) is 8.42 Å². The lowest BCUT2D eigenvalue weighted by atomic mass is 10.2. The molecule has 3 rings (SSSR count). The van der Waals surface area contributed by atoms with E-state index in [9.17, 15) is 8.42 Å². The third-order valence-electron chi connectivity index (χ3n) is 4.68. The van der Waals surface area contributed by atoms with Gasteiger partial charge in [-0.05, 0) is 6.92 Å². The first-order chi connectivity index (χ1) is 14.4. The van der Waals surface area contributed by atoms with Crippen LogP contribution in [-0.4, -0.2) is 78.1 Å². The van der Waals surface area contributed by atoms with Crippen LogP contribution >= 0.6 is 24.0 Å². The van der Waals surface area contributed by atoms with E-state index < -0.39 is 10.0 Å². The second-order valence-corrected chi connectivity index (χ2v) is 9.29. The highest BCUT2D eigenvalue weighted by Gasteiger charge is 2.29. The summed E-state index contributed by atoms with van der Waals surface area (Å²) < 4.78 is 36.7. The lowest BCUT2D eigenvalue weighted by molar-refractivity contribution is 0.259. The molecule has 1 fully saturated rings. The van der Waals surface area contributed by atoms with Gasteiger partial charge < -0.3 is 19.3 Å². The summed E-state index contributed by atoms with van der Waals surface area (Å²) in [5.74, 6) is 2.10. The summed E-state index contributed by atoms with van der Waals surface area (Å²) in [5, 5.41) is 10.9. The van der Waals surface area contributed by atoms with Crippen molar-refractivity contribution in [3.05, 3.63) is 29.7 Å². The van der Waals surface area contributed by atoms with Gasteiger partial charge in [0.1, 0.15) is 12.0 Å². The zero-order chi connectivity index (χ0) is 21.6. The van der Waals surface area contributed by atoms with Crippen molar-refractivity contribution < 1.29 is 17.5 Å². The molecule has 2 aromatic heterocycles. The van der Waals surface area contributed by atoms with Crippen molar-refractivity contribution in [3.8, 4) is 0 Å². The van der Waals surface area contributed by atoms with Crippen LogP contribution in [0.3, 0.4) is 0 Å². The lowest BCUT2D eigenvalue weighted by Gasteiger charge is -2.35. The summed E-state index contributed by atoms with van der Waals surface area (Å²) in [4.78, 5) is 11.1. The molecule has 0 bridgehead atoms. The van der Waals surface area contributed by atoms with E-state index in [1.807, 2.05) is 20.8 Å². The molecule has 0 saturated carbocycles. The summed E-state index contributed by atoms with van der Waals surface area (Å²) in [6, 6.07) is 1.57. The standard InChI is InChI=1S/C18H29N7O4S.HI/c1-4-19-18(20-7-5-16-21-17(14(2)3)23-29-16)24-8-10-25(11-9-24)30(26,27)13-15-6-12-28-22-15;/h6,12,14H,4-5,7-11,13H2,1-3H3,(H,19,20);1H. The first-order valence-corrected chi connectivity index (χ1v) is 11.7. The Kier molecular flexibility index (Phi) is 9.68. The molecule has 11 nitrogen and oxygen atoms in total. The van der Waals surface area contributed by atoms with Gasteiger partial charge in [-0.3, -0.25) is 4.99 Å². The number of halogens is 1. The lowest BCUT2D eigenvalue weighted by Crippen LogP contribution is -2.54. The summed E-state index contributed by atoms with van der Waals surface area (Å²) >= 11 is 0. The molecule has 3 heterocycles. The van der Waals surface area contributed by atoms with Crippen molar-refractivity contribution in [2.75, 3.05) is 39.3 Å². The number of guanidine groups is 1. The summed E-state index contributed by atoms with van der Waals surface area (Å²) in [7, 11) is -3.43. The average molecular weight is 567 g/mol. The Balaban J connectivity index is 0.00000341. The van der Waals surface area contributed by atoms with Crippen LogP contribution in [-0.2, 0) is 22.2 Å². The van der Waals surface area contributed by atoms with Crippen LogP contribution in [0.5, 0.6) is 0 Å². The fourth-order valence-electron chi connectivity index (χ4n) is 3.06. The van der Waals surface area contributed by atoms with E-state index in [2.05, 4.69) is 30.5 Å². The third kappa shape index (κ3) is 7.14. The molecular formula is C18H30IN7O4S. The maximum atomic E-state index is 12.6. The molecule has 13 heteroatoms. The molecule has 2 aromatic rings. The van der Waals surface area contributed by atoms with Crippen molar-refractivity contribution in [2.24, 2.45) is 4.99 Å². The van der Waals surface area contributed by atoms with Gasteiger partial charge in [-0.2, -0.15) is 9.29 Å². The van der Waals surface area contributed by atoms with Gasteiger partial charge in [0.15, 0.2) is 11.8 Å². The molecule has 31 heavy (non-hydrogen) atoms. The van der Waals surface area contributed by atoms with Gasteiger partial charge in [0.25, 0.3) is 0 Å². The Hall–Kier alpha value is -1.74. The topological polar surface area (TPSA) is 130 Å². The Morgan fingerprint density at radius 2 is 2.00 bits per heavy atom. The maximum absolute atomic E-state index is 12.6.